The van der Waals surface area contributed by atoms with Crippen LogP contribution in [0.25, 0.3) is 0 Å². The number of hydrogen-bond acceptors (Lipinski definition) is 2. The molecule has 1 N–H and O–H groups in total. The van der Waals surface area contributed by atoms with Gasteiger partial charge in [0.05, 0.1) is 0 Å². The van der Waals surface area contributed by atoms with E-state index in [1.54, 1.807) is 6.21 Å². The zero-order chi connectivity index (χ0) is 13.4. The normalized spacial score (nSPS) is 24.5. The molecule has 1 unspecified atom stereocenters. The van der Waals surface area contributed by atoms with Gasteiger partial charge in [-0.3, -0.25) is 4.99 Å². The van der Waals surface area contributed by atoms with Gasteiger partial charge in [-0.05, 0) is 28.9 Å². The molecule has 1 aliphatic heterocycles. The lowest BCUT2D eigenvalue weighted by Crippen LogP contribution is -2.44. The van der Waals surface area contributed by atoms with Crippen LogP contribution in [0.5, 0.6) is 0 Å². The Morgan fingerprint density at radius 1 is 1.18 bits per heavy atom. The maximum atomic E-state index is 11.7. The zero-order valence-corrected chi connectivity index (χ0v) is 11.6. The lowest BCUT2D eigenvalue weighted by Gasteiger charge is -2.32. The number of hydrogen-bond donors (Lipinski definition) is 1. The second kappa shape index (κ2) is 4.63. The Morgan fingerprint density at radius 2 is 1.71 bits per heavy atom. The van der Waals surface area contributed by atoms with Crippen molar-refractivity contribution in [1.82, 2.24) is 0 Å². The van der Waals surface area contributed by atoms with Gasteiger partial charge >= 0.3 is 5.97 Å². The molecule has 17 heavy (non-hydrogen) atoms. The summed E-state index contributed by atoms with van der Waals surface area (Å²) in [6.07, 6.45) is 1.77. The maximum absolute atomic E-state index is 11.7. The van der Waals surface area contributed by atoms with Gasteiger partial charge in [0.2, 0.25) is 0 Å². The Labute approximate surface area is 104 Å². The molecule has 0 saturated heterocycles. The predicted molar refractivity (Wildman–Crippen MR) is 70.4 cm³/mol. The van der Waals surface area contributed by atoms with Gasteiger partial charge < -0.3 is 5.11 Å². The third kappa shape index (κ3) is 2.03. The van der Waals surface area contributed by atoms with Crippen molar-refractivity contribution >= 4 is 12.2 Å². The molecule has 3 nitrogen and oxygen atoms in total. The van der Waals surface area contributed by atoms with E-state index in [1.165, 1.54) is 0 Å². The summed E-state index contributed by atoms with van der Waals surface area (Å²) in [5, 5.41) is 9.61. The smallest absolute Gasteiger partial charge is 0.336 e. The van der Waals surface area contributed by atoms with Crippen LogP contribution < -0.4 is 0 Å². The van der Waals surface area contributed by atoms with Crippen molar-refractivity contribution in [2.45, 2.75) is 47.1 Å². The van der Waals surface area contributed by atoms with E-state index in [9.17, 15) is 9.90 Å². The highest BCUT2D eigenvalue weighted by atomic mass is 16.4. The number of carboxylic acids is 1. The van der Waals surface area contributed by atoms with Gasteiger partial charge in [0, 0.05) is 6.21 Å². The monoisotopic (exact) mass is 237 g/mol. The van der Waals surface area contributed by atoms with E-state index < -0.39 is 11.5 Å². The first kappa shape index (κ1) is 13.9. The van der Waals surface area contributed by atoms with Crippen LogP contribution >= 0.6 is 0 Å². The lowest BCUT2D eigenvalue weighted by atomic mass is 9.74. The molecule has 0 aromatic heterocycles. The summed E-state index contributed by atoms with van der Waals surface area (Å²) >= 11 is 0. The SMILES string of the molecule is CC(C)C1=C(C(C)C)C(C(=O)O)(C(C)C)N=C1. The third-order valence-corrected chi connectivity index (χ3v) is 3.49. The Balaban J connectivity index is 3.45. The standard InChI is InChI=1S/C14H23NO2/c1-8(2)11-7-15-14(10(5)6,13(16)17)12(11)9(3)4/h7-10H,1-6H3,(H,16,17). The molecule has 0 radical (unpaired) electrons. The van der Waals surface area contributed by atoms with Gasteiger partial charge in [-0.15, -0.1) is 0 Å². The first-order chi connectivity index (χ1) is 7.75. The minimum Gasteiger partial charge on any atom is -0.479 e. The number of aliphatic carboxylic acids is 1. The Hall–Kier alpha value is -1.12. The Bertz CT molecular complexity index is 378. The molecule has 0 saturated carbocycles. The molecule has 0 amide bonds. The quantitative estimate of drug-likeness (QED) is 0.816. The fourth-order valence-electron chi connectivity index (χ4n) is 2.64. The van der Waals surface area contributed by atoms with Gasteiger partial charge in [0.25, 0.3) is 0 Å². The summed E-state index contributed by atoms with van der Waals surface area (Å²) in [4.78, 5) is 16.1. The fourth-order valence-corrected chi connectivity index (χ4v) is 2.64. The molecule has 1 atom stereocenters. The van der Waals surface area contributed by atoms with Crippen molar-refractivity contribution in [2.75, 3.05) is 0 Å². The molecule has 0 aromatic rings. The summed E-state index contributed by atoms with van der Waals surface area (Å²) in [5.41, 5.74) is 1.03. The fraction of sp³-hybridized carbons (Fsp3) is 0.714. The summed E-state index contributed by atoms with van der Waals surface area (Å²) < 4.78 is 0. The molecule has 0 bridgehead atoms. The van der Waals surface area contributed by atoms with E-state index >= 15 is 0 Å². The molecule has 0 aliphatic carbocycles. The molecule has 1 rings (SSSR count). The van der Waals surface area contributed by atoms with Crippen LogP contribution in [-0.2, 0) is 4.79 Å². The van der Waals surface area contributed by atoms with Gasteiger partial charge in [-0.25, -0.2) is 4.79 Å². The highest BCUT2D eigenvalue weighted by molar-refractivity contribution is 5.96. The van der Waals surface area contributed by atoms with E-state index in [-0.39, 0.29) is 11.8 Å². The molecule has 0 aromatic carbocycles. The average Bonchev–Trinajstić information content (AvgIpc) is 2.57. The summed E-state index contributed by atoms with van der Waals surface area (Å²) in [6, 6.07) is 0. The number of allylic oxidation sites excluding steroid dienone is 1. The molecule has 1 heterocycles. The van der Waals surface area contributed by atoms with Crippen LogP contribution in [0.15, 0.2) is 16.1 Å². The van der Waals surface area contributed by atoms with E-state index in [4.69, 9.17) is 0 Å². The minimum atomic E-state index is -1.05. The predicted octanol–water partition coefficient (Wildman–Crippen LogP) is 3.16. The molecule has 1 aliphatic rings. The number of nitrogens with zero attached hydrogens (tertiary/aromatic N) is 1. The number of aliphatic imine (C=N–C) groups is 1. The topological polar surface area (TPSA) is 49.7 Å². The van der Waals surface area contributed by atoms with Gasteiger partial charge in [0.1, 0.15) is 0 Å². The zero-order valence-electron chi connectivity index (χ0n) is 11.6. The number of carbonyl (C=O) groups is 1. The van der Waals surface area contributed by atoms with E-state index in [2.05, 4.69) is 18.8 Å². The van der Waals surface area contributed by atoms with Crippen molar-refractivity contribution in [3.63, 3.8) is 0 Å². The van der Waals surface area contributed by atoms with E-state index in [0.29, 0.717) is 5.92 Å². The average molecular weight is 237 g/mol. The van der Waals surface area contributed by atoms with Crippen molar-refractivity contribution in [3.8, 4) is 0 Å². The Kier molecular flexibility index (Phi) is 3.80. The van der Waals surface area contributed by atoms with Crippen molar-refractivity contribution in [3.05, 3.63) is 11.1 Å². The van der Waals surface area contributed by atoms with E-state index in [0.717, 1.165) is 11.1 Å². The summed E-state index contributed by atoms with van der Waals surface area (Å²) in [5.74, 6) is -0.350. The van der Waals surface area contributed by atoms with Crippen molar-refractivity contribution in [1.29, 1.82) is 0 Å². The van der Waals surface area contributed by atoms with Gasteiger partial charge in [0.15, 0.2) is 5.54 Å². The second-order valence-corrected chi connectivity index (χ2v) is 5.66. The van der Waals surface area contributed by atoms with Crippen molar-refractivity contribution < 1.29 is 9.90 Å². The van der Waals surface area contributed by atoms with Crippen LogP contribution in [0.4, 0.5) is 0 Å². The summed E-state index contributed by atoms with van der Waals surface area (Å²) in [6.45, 7) is 12.1. The lowest BCUT2D eigenvalue weighted by molar-refractivity contribution is -0.143. The Morgan fingerprint density at radius 3 is 2.00 bits per heavy atom. The maximum Gasteiger partial charge on any atom is 0.336 e. The molecule has 96 valence electrons. The van der Waals surface area contributed by atoms with Crippen LogP contribution in [0.3, 0.4) is 0 Å². The van der Waals surface area contributed by atoms with Crippen LogP contribution in [0.2, 0.25) is 0 Å². The third-order valence-electron chi connectivity index (χ3n) is 3.49. The second-order valence-electron chi connectivity index (χ2n) is 5.66. The first-order valence-corrected chi connectivity index (χ1v) is 6.28. The number of rotatable bonds is 4. The highest BCUT2D eigenvalue weighted by Gasteiger charge is 2.49. The van der Waals surface area contributed by atoms with Crippen molar-refractivity contribution in [2.24, 2.45) is 22.7 Å². The largest absolute Gasteiger partial charge is 0.479 e. The molecular formula is C14H23NO2. The van der Waals surface area contributed by atoms with E-state index in [1.807, 2.05) is 27.7 Å². The summed E-state index contributed by atoms with van der Waals surface area (Å²) in [7, 11) is 0. The van der Waals surface area contributed by atoms with Crippen LogP contribution in [-0.4, -0.2) is 22.8 Å². The van der Waals surface area contributed by atoms with Gasteiger partial charge in [-0.2, -0.15) is 0 Å². The molecule has 0 spiro atoms. The molecule has 3 heteroatoms. The van der Waals surface area contributed by atoms with Gasteiger partial charge in [-0.1, -0.05) is 41.5 Å². The van der Waals surface area contributed by atoms with Crippen LogP contribution in [0, 0.1) is 17.8 Å². The van der Waals surface area contributed by atoms with Crippen LogP contribution in [0.1, 0.15) is 41.5 Å². The minimum absolute atomic E-state index is 0.0371. The molecule has 0 fully saturated rings. The first-order valence-electron chi connectivity index (χ1n) is 6.28. The highest BCUT2D eigenvalue weighted by Crippen LogP contribution is 2.42. The number of carboxylic acid groups (broad SMARTS) is 1. The molecular weight excluding hydrogens is 214 g/mol.